The Bertz CT molecular complexity index is 1210. The average Bonchev–Trinajstić information content (AvgIpc) is 3.31. The van der Waals surface area contributed by atoms with Crippen molar-refractivity contribution >= 4 is 34.5 Å². The molecule has 3 heterocycles. The predicted octanol–water partition coefficient (Wildman–Crippen LogP) is 1.49. The molecule has 4 rings (SSSR count). The summed E-state index contributed by atoms with van der Waals surface area (Å²) in [6.45, 7) is -0.105. The summed E-state index contributed by atoms with van der Waals surface area (Å²) in [7, 11) is 1.27. The molecule has 0 radical (unpaired) electrons. The van der Waals surface area contributed by atoms with E-state index >= 15 is 0 Å². The summed E-state index contributed by atoms with van der Waals surface area (Å²) in [5.41, 5.74) is 7.67. The summed E-state index contributed by atoms with van der Waals surface area (Å²) < 4.78 is 11.0. The van der Waals surface area contributed by atoms with Crippen molar-refractivity contribution in [1.29, 1.82) is 0 Å². The van der Waals surface area contributed by atoms with Crippen LogP contribution >= 0.6 is 0 Å². The molecule has 11 heteroatoms. The molecule has 0 saturated carbocycles. The number of hydrogen-bond acceptors (Lipinski definition) is 9. The van der Waals surface area contributed by atoms with Crippen LogP contribution in [0, 0.1) is 0 Å². The smallest absolute Gasteiger partial charge is 0.338 e. The number of amides is 1. The number of nitrogens with zero attached hydrogens (tertiary/aromatic N) is 5. The van der Waals surface area contributed by atoms with E-state index in [0.29, 0.717) is 16.9 Å². The highest BCUT2D eigenvalue weighted by atomic mass is 16.6. The highest BCUT2D eigenvalue weighted by molar-refractivity contribution is 5.94. The molecule has 3 aromatic heterocycles. The summed E-state index contributed by atoms with van der Waals surface area (Å²) in [5, 5.41) is 10.0. The number of aromatic nitrogens is 5. The maximum absolute atomic E-state index is 12.7. The maximum atomic E-state index is 12.7. The molecule has 0 aliphatic carbocycles. The lowest BCUT2D eigenvalue weighted by Gasteiger charge is -2.09. The van der Waals surface area contributed by atoms with Gasteiger partial charge in [-0.3, -0.25) is 4.79 Å². The fourth-order valence-electron chi connectivity index (χ4n) is 2.84. The number of methoxy groups -OCH3 is 1. The van der Waals surface area contributed by atoms with Gasteiger partial charge in [0.1, 0.15) is 12.4 Å². The first kappa shape index (κ1) is 18.1. The number of hydrogen-bond donors (Lipinski definition) is 2. The number of ether oxygens (including phenoxy) is 1. The van der Waals surface area contributed by atoms with Gasteiger partial charge in [0.15, 0.2) is 17.3 Å². The van der Waals surface area contributed by atoms with Gasteiger partial charge in [0.2, 0.25) is 5.91 Å². The second-order valence-corrected chi connectivity index (χ2v) is 5.98. The van der Waals surface area contributed by atoms with Crippen LogP contribution in [0.25, 0.3) is 22.6 Å². The van der Waals surface area contributed by atoms with E-state index in [1.54, 1.807) is 10.6 Å². The van der Waals surface area contributed by atoms with Crippen molar-refractivity contribution in [2.45, 2.75) is 6.54 Å². The number of esters is 1. The molecule has 0 bridgehead atoms. The standard InChI is InChI=1S/C18H15N7O4/c1-28-18(27)10-6-7-20-13(8-10)22-14(26)9-25-12-5-3-2-4-11(12)21-17(25)15-16(19)24-29-23-15/h2-8H,9H2,1H3,(H2,19,24)(H,20,22,26). The Morgan fingerprint density at radius 3 is 2.83 bits per heavy atom. The molecule has 0 unspecified atom stereocenters. The summed E-state index contributed by atoms with van der Waals surface area (Å²) in [6, 6.07) is 10.2. The Hall–Kier alpha value is -4.28. The van der Waals surface area contributed by atoms with Crippen LogP contribution in [0.1, 0.15) is 10.4 Å². The molecule has 29 heavy (non-hydrogen) atoms. The predicted molar refractivity (Wildman–Crippen MR) is 102 cm³/mol. The van der Waals surface area contributed by atoms with Crippen molar-refractivity contribution in [3.05, 3.63) is 48.2 Å². The summed E-state index contributed by atoms with van der Waals surface area (Å²) in [4.78, 5) is 32.9. The molecular formula is C18H15N7O4. The lowest BCUT2D eigenvalue weighted by atomic mass is 10.2. The first-order valence-corrected chi connectivity index (χ1v) is 8.44. The number of carbonyl (C=O) groups excluding carboxylic acids is 2. The molecule has 0 aliphatic rings. The Morgan fingerprint density at radius 1 is 1.24 bits per heavy atom. The molecule has 1 amide bonds. The lowest BCUT2D eigenvalue weighted by molar-refractivity contribution is -0.116. The van der Waals surface area contributed by atoms with Crippen molar-refractivity contribution in [1.82, 2.24) is 24.8 Å². The van der Waals surface area contributed by atoms with Crippen molar-refractivity contribution in [2.75, 3.05) is 18.2 Å². The van der Waals surface area contributed by atoms with Crippen LogP contribution in [0.3, 0.4) is 0 Å². The lowest BCUT2D eigenvalue weighted by Crippen LogP contribution is -2.20. The van der Waals surface area contributed by atoms with Crippen LogP contribution in [0.5, 0.6) is 0 Å². The van der Waals surface area contributed by atoms with E-state index in [9.17, 15) is 9.59 Å². The van der Waals surface area contributed by atoms with Crippen LogP contribution < -0.4 is 11.1 Å². The van der Waals surface area contributed by atoms with Gasteiger partial charge in [-0.15, -0.1) is 0 Å². The molecule has 0 atom stereocenters. The molecule has 0 spiro atoms. The largest absolute Gasteiger partial charge is 0.465 e. The van der Waals surface area contributed by atoms with Gasteiger partial charge >= 0.3 is 5.97 Å². The van der Waals surface area contributed by atoms with E-state index in [1.165, 1.54) is 25.4 Å². The molecular weight excluding hydrogens is 378 g/mol. The minimum Gasteiger partial charge on any atom is -0.465 e. The quantitative estimate of drug-likeness (QED) is 0.480. The number of anilines is 2. The zero-order valence-corrected chi connectivity index (χ0v) is 15.2. The molecule has 0 aliphatic heterocycles. The number of pyridine rings is 1. The third-order valence-corrected chi connectivity index (χ3v) is 4.13. The molecule has 0 saturated heterocycles. The highest BCUT2D eigenvalue weighted by Crippen LogP contribution is 2.26. The second-order valence-electron chi connectivity index (χ2n) is 5.98. The first-order chi connectivity index (χ1) is 14.1. The number of rotatable bonds is 5. The first-order valence-electron chi connectivity index (χ1n) is 8.44. The number of nitrogen functional groups attached to an aromatic ring is 1. The Balaban J connectivity index is 1.65. The number of benzene rings is 1. The summed E-state index contributed by atoms with van der Waals surface area (Å²) >= 11 is 0. The van der Waals surface area contributed by atoms with E-state index in [4.69, 9.17) is 5.73 Å². The number of fused-ring (bicyclic) bond motifs is 1. The van der Waals surface area contributed by atoms with E-state index in [1.807, 2.05) is 18.2 Å². The molecule has 3 N–H and O–H groups in total. The number of nitrogens with one attached hydrogen (secondary N) is 1. The fourth-order valence-corrected chi connectivity index (χ4v) is 2.84. The van der Waals surface area contributed by atoms with Crippen LogP contribution in [0.15, 0.2) is 47.2 Å². The molecule has 0 fully saturated rings. The zero-order chi connectivity index (χ0) is 20.4. The normalized spacial score (nSPS) is 10.8. The SMILES string of the molecule is COC(=O)c1ccnc(NC(=O)Cn2c(-c3nonc3N)nc3ccccc32)c1. The van der Waals surface area contributed by atoms with Gasteiger partial charge in [-0.05, 0) is 34.6 Å². The number of carbonyl (C=O) groups is 2. The van der Waals surface area contributed by atoms with E-state index in [0.717, 1.165) is 0 Å². The molecule has 146 valence electrons. The van der Waals surface area contributed by atoms with Crippen molar-refractivity contribution in [3.8, 4) is 11.5 Å². The van der Waals surface area contributed by atoms with Crippen molar-refractivity contribution < 1.29 is 19.0 Å². The zero-order valence-electron chi connectivity index (χ0n) is 15.2. The van der Waals surface area contributed by atoms with Gasteiger partial charge in [0.25, 0.3) is 0 Å². The number of para-hydroxylation sites is 2. The minimum atomic E-state index is -0.528. The summed E-state index contributed by atoms with van der Waals surface area (Å²) in [6.07, 6.45) is 1.40. The van der Waals surface area contributed by atoms with E-state index in [-0.39, 0.29) is 35.3 Å². The second kappa shape index (κ2) is 7.38. The van der Waals surface area contributed by atoms with Crippen LogP contribution in [-0.2, 0) is 16.1 Å². The van der Waals surface area contributed by atoms with Gasteiger partial charge in [-0.1, -0.05) is 12.1 Å². The third-order valence-electron chi connectivity index (χ3n) is 4.13. The van der Waals surface area contributed by atoms with Gasteiger partial charge in [-0.2, -0.15) is 0 Å². The molecule has 1 aromatic carbocycles. The fraction of sp³-hybridized carbons (Fsp3) is 0.111. The van der Waals surface area contributed by atoms with Gasteiger partial charge in [0.05, 0.1) is 23.7 Å². The van der Waals surface area contributed by atoms with Crippen molar-refractivity contribution in [2.24, 2.45) is 0 Å². The van der Waals surface area contributed by atoms with Gasteiger partial charge in [0, 0.05) is 6.20 Å². The Morgan fingerprint density at radius 2 is 2.07 bits per heavy atom. The molecule has 11 nitrogen and oxygen atoms in total. The van der Waals surface area contributed by atoms with Crippen LogP contribution in [-0.4, -0.2) is 43.8 Å². The maximum Gasteiger partial charge on any atom is 0.338 e. The Kier molecular flexibility index (Phi) is 4.61. The van der Waals surface area contributed by atoms with E-state index in [2.05, 4.69) is 35.0 Å². The van der Waals surface area contributed by atoms with Gasteiger partial charge < -0.3 is 20.4 Å². The van der Waals surface area contributed by atoms with Crippen molar-refractivity contribution in [3.63, 3.8) is 0 Å². The Labute approximate surface area is 163 Å². The minimum absolute atomic E-state index is 0.0643. The third kappa shape index (κ3) is 3.48. The number of nitrogens with two attached hydrogens (primary N) is 1. The topological polar surface area (TPSA) is 151 Å². The monoisotopic (exact) mass is 393 g/mol. The van der Waals surface area contributed by atoms with Crippen LogP contribution in [0.4, 0.5) is 11.6 Å². The average molecular weight is 393 g/mol. The summed E-state index contributed by atoms with van der Waals surface area (Å²) in [5.74, 6) is -0.295. The van der Waals surface area contributed by atoms with E-state index < -0.39 is 5.97 Å². The number of imidazole rings is 1. The molecule has 4 aromatic rings. The van der Waals surface area contributed by atoms with Gasteiger partial charge in [-0.25, -0.2) is 19.4 Å². The van der Waals surface area contributed by atoms with Crippen LogP contribution in [0.2, 0.25) is 0 Å². The highest BCUT2D eigenvalue weighted by Gasteiger charge is 2.21.